The minimum atomic E-state index is 0.175. The Morgan fingerprint density at radius 1 is 0.429 bits per heavy atom. The molecule has 10 rings (SSSR count). The second-order valence-electron chi connectivity index (χ2n) is 13.6. The van der Waals surface area contributed by atoms with E-state index < -0.39 is 0 Å². The fraction of sp³-hybridized carbons (Fsp3) is 0.130. The fourth-order valence-electron chi connectivity index (χ4n) is 8.63. The standard InChI is InChI=1S/C46H34N2S/c1-4-14-30(15-5-1)41-29-42(31-16-6-2-7-17-31)48-45(47-41)37-22-13-21-36-35-20-12-19-33(43(35)49-44(36)37)32-24-25-40-38(28-32)34-18-8-9-23-39(34)46(40)26-10-3-11-27-46/h1-2,4-9,12-25,28-29H,3,10-11,26-27H2. The average Bonchev–Trinajstić information content (AvgIpc) is 3.69. The molecule has 3 heteroatoms. The first-order valence-corrected chi connectivity index (χ1v) is 18.3. The average molecular weight is 647 g/mol. The van der Waals surface area contributed by atoms with Crippen molar-refractivity contribution in [2.75, 3.05) is 0 Å². The van der Waals surface area contributed by atoms with Crippen LogP contribution in [-0.2, 0) is 5.41 Å². The van der Waals surface area contributed by atoms with Crippen molar-refractivity contribution < 1.29 is 0 Å². The zero-order chi connectivity index (χ0) is 32.4. The van der Waals surface area contributed by atoms with Crippen molar-refractivity contribution in [2.24, 2.45) is 0 Å². The van der Waals surface area contributed by atoms with E-state index in [1.54, 1.807) is 5.56 Å². The molecule has 0 saturated heterocycles. The molecule has 1 saturated carbocycles. The molecule has 2 aliphatic rings. The van der Waals surface area contributed by atoms with Crippen LogP contribution in [0, 0.1) is 0 Å². The summed E-state index contributed by atoms with van der Waals surface area (Å²) in [5, 5.41) is 2.54. The van der Waals surface area contributed by atoms with E-state index in [4.69, 9.17) is 9.97 Å². The third-order valence-corrected chi connectivity index (χ3v) is 12.2. The predicted octanol–water partition coefficient (Wildman–Crippen LogP) is 12.7. The lowest BCUT2D eigenvalue weighted by atomic mass is 9.68. The number of hydrogen-bond acceptors (Lipinski definition) is 3. The molecule has 1 fully saturated rings. The van der Waals surface area contributed by atoms with E-state index in [1.165, 1.54) is 80.1 Å². The summed E-state index contributed by atoms with van der Waals surface area (Å²) in [5.41, 5.74) is 13.8. The lowest BCUT2D eigenvalue weighted by Crippen LogP contribution is -2.27. The Hall–Kier alpha value is -5.38. The molecule has 0 unspecified atom stereocenters. The molecule has 2 nitrogen and oxygen atoms in total. The van der Waals surface area contributed by atoms with Crippen molar-refractivity contribution in [2.45, 2.75) is 37.5 Å². The molecular formula is C46H34N2S. The Kier molecular flexibility index (Phi) is 6.63. The molecule has 1 spiro atoms. The summed E-state index contributed by atoms with van der Waals surface area (Å²) in [4.78, 5) is 10.4. The molecule has 6 aromatic carbocycles. The van der Waals surface area contributed by atoms with Crippen LogP contribution in [0.2, 0.25) is 0 Å². The maximum absolute atomic E-state index is 5.20. The molecule has 0 radical (unpaired) electrons. The van der Waals surface area contributed by atoms with Gasteiger partial charge in [-0.25, -0.2) is 9.97 Å². The first-order valence-electron chi connectivity index (χ1n) is 17.5. The molecule has 0 bridgehead atoms. The van der Waals surface area contributed by atoms with Gasteiger partial charge in [-0.3, -0.25) is 0 Å². The van der Waals surface area contributed by atoms with Gasteiger partial charge in [0, 0.05) is 42.3 Å². The summed E-state index contributed by atoms with van der Waals surface area (Å²) < 4.78 is 2.54. The van der Waals surface area contributed by atoms with Gasteiger partial charge >= 0.3 is 0 Å². The summed E-state index contributed by atoms with van der Waals surface area (Å²) in [7, 11) is 0. The van der Waals surface area contributed by atoms with Crippen molar-refractivity contribution in [3.63, 3.8) is 0 Å². The first-order chi connectivity index (χ1) is 24.3. The van der Waals surface area contributed by atoms with Crippen LogP contribution < -0.4 is 0 Å². The molecule has 0 aliphatic heterocycles. The molecular weight excluding hydrogens is 613 g/mol. The van der Waals surface area contributed by atoms with Gasteiger partial charge in [-0.1, -0.05) is 147 Å². The Labute approximate surface area is 290 Å². The second kappa shape index (κ2) is 11.4. The molecule has 49 heavy (non-hydrogen) atoms. The van der Waals surface area contributed by atoms with Crippen LogP contribution >= 0.6 is 11.3 Å². The monoisotopic (exact) mass is 646 g/mol. The van der Waals surface area contributed by atoms with Gasteiger partial charge < -0.3 is 0 Å². The van der Waals surface area contributed by atoms with Crippen molar-refractivity contribution >= 4 is 31.5 Å². The van der Waals surface area contributed by atoms with Crippen molar-refractivity contribution in [3.8, 4) is 56.2 Å². The predicted molar refractivity (Wildman–Crippen MR) is 206 cm³/mol. The normalized spacial score (nSPS) is 14.7. The number of fused-ring (bicyclic) bond motifs is 8. The Morgan fingerprint density at radius 2 is 1.00 bits per heavy atom. The van der Waals surface area contributed by atoms with E-state index in [0.717, 1.165) is 33.9 Å². The molecule has 2 aliphatic carbocycles. The molecule has 0 amide bonds. The number of thiophene rings is 1. The van der Waals surface area contributed by atoms with Gasteiger partial charge in [0.2, 0.25) is 0 Å². The van der Waals surface area contributed by atoms with Crippen LogP contribution in [0.5, 0.6) is 0 Å². The van der Waals surface area contributed by atoms with Gasteiger partial charge in [0.05, 0.1) is 11.4 Å². The lowest BCUT2D eigenvalue weighted by Gasteiger charge is -2.36. The van der Waals surface area contributed by atoms with Gasteiger partial charge in [0.25, 0.3) is 0 Å². The largest absolute Gasteiger partial charge is 0.228 e. The van der Waals surface area contributed by atoms with Gasteiger partial charge in [-0.15, -0.1) is 11.3 Å². The highest BCUT2D eigenvalue weighted by molar-refractivity contribution is 7.26. The van der Waals surface area contributed by atoms with Crippen LogP contribution in [0.3, 0.4) is 0 Å². The highest BCUT2D eigenvalue weighted by Gasteiger charge is 2.43. The van der Waals surface area contributed by atoms with Gasteiger partial charge in [0.15, 0.2) is 5.82 Å². The van der Waals surface area contributed by atoms with Crippen LogP contribution in [0.15, 0.2) is 146 Å². The summed E-state index contributed by atoms with van der Waals surface area (Å²) in [6.45, 7) is 0. The van der Waals surface area contributed by atoms with Gasteiger partial charge in [0.1, 0.15) is 0 Å². The number of benzene rings is 6. The van der Waals surface area contributed by atoms with E-state index in [9.17, 15) is 0 Å². The zero-order valence-electron chi connectivity index (χ0n) is 27.2. The smallest absolute Gasteiger partial charge is 0.161 e. The summed E-state index contributed by atoms with van der Waals surface area (Å²) in [6, 6.07) is 52.9. The molecule has 234 valence electrons. The second-order valence-corrected chi connectivity index (χ2v) is 14.6. The van der Waals surface area contributed by atoms with Gasteiger partial charge in [-0.05, 0) is 64.4 Å². The van der Waals surface area contributed by atoms with E-state index >= 15 is 0 Å². The van der Waals surface area contributed by atoms with E-state index in [2.05, 4.69) is 133 Å². The first kappa shape index (κ1) is 28.6. The maximum Gasteiger partial charge on any atom is 0.161 e. The Balaban J connectivity index is 1.15. The minimum absolute atomic E-state index is 0.175. The summed E-state index contributed by atoms with van der Waals surface area (Å²) >= 11 is 1.87. The Bertz CT molecular complexity index is 2470. The lowest BCUT2D eigenvalue weighted by molar-refractivity contribution is 0.353. The summed E-state index contributed by atoms with van der Waals surface area (Å²) in [6.07, 6.45) is 6.48. The van der Waals surface area contributed by atoms with E-state index in [-0.39, 0.29) is 5.41 Å². The molecule has 0 atom stereocenters. The highest BCUT2D eigenvalue weighted by atomic mass is 32.1. The minimum Gasteiger partial charge on any atom is -0.228 e. The van der Waals surface area contributed by atoms with Crippen molar-refractivity contribution in [3.05, 3.63) is 157 Å². The molecule has 2 heterocycles. The SMILES string of the molecule is c1ccc(-c2cc(-c3ccccc3)nc(-c3cccc4c3sc3c(-c5ccc6c(c5)-c5ccccc5C65CCCCC5)cccc34)n2)cc1. The number of nitrogens with zero attached hydrogens (tertiary/aromatic N) is 2. The fourth-order valence-corrected chi connectivity index (χ4v) is 9.98. The van der Waals surface area contributed by atoms with Crippen LogP contribution in [0.1, 0.15) is 43.2 Å². The molecule has 8 aromatic rings. The summed E-state index contributed by atoms with van der Waals surface area (Å²) in [5.74, 6) is 0.755. The van der Waals surface area contributed by atoms with Crippen molar-refractivity contribution in [1.82, 2.24) is 9.97 Å². The number of aromatic nitrogens is 2. The van der Waals surface area contributed by atoms with Crippen LogP contribution in [0.4, 0.5) is 0 Å². The quantitative estimate of drug-likeness (QED) is 0.190. The number of rotatable bonds is 4. The van der Waals surface area contributed by atoms with Crippen LogP contribution in [-0.4, -0.2) is 9.97 Å². The zero-order valence-corrected chi connectivity index (χ0v) is 28.0. The Morgan fingerprint density at radius 3 is 1.69 bits per heavy atom. The molecule has 2 aromatic heterocycles. The number of hydrogen-bond donors (Lipinski definition) is 0. The topological polar surface area (TPSA) is 25.8 Å². The maximum atomic E-state index is 5.20. The van der Waals surface area contributed by atoms with Crippen LogP contribution in [0.25, 0.3) is 76.3 Å². The third kappa shape index (κ3) is 4.53. The highest BCUT2D eigenvalue weighted by Crippen LogP contribution is 2.56. The third-order valence-electron chi connectivity index (χ3n) is 10.9. The molecule has 0 N–H and O–H groups in total. The van der Waals surface area contributed by atoms with E-state index in [0.29, 0.717) is 0 Å². The van der Waals surface area contributed by atoms with Gasteiger partial charge in [-0.2, -0.15) is 0 Å². The van der Waals surface area contributed by atoms with E-state index in [1.807, 2.05) is 23.5 Å². The van der Waals surface area contributed by atoms with Crippen molar-refractivity contribution in [1.29, 1.82) is 0 Å².